The van der Waals surface area contributed by atoms with Gasteiger partial charge in [0.2, 0.25) is 0 Å². The molecule has 4 heteroatoms. The summed E-state index contributed by atoms with van der Waals surface area (Å²) < 4.78 is 7.33. The first kappa shape index (κ1) is 14.3. The first-order valence-electron chi connectivity index (χ1n) is 6.64. The highest BCUT2D eigenvalue weighted by Gasteiger charge is 2.17. The lowest BCUT2D eigenvalue weighted by atomic mass is 10.0. The predicted octanol–water partition coefficient (Wildman–Crippen LogP) is 5.29. The van der Waals surface area contributed by atoms with Crippen molar-refractivity contribution in [2.24, 2.45) is 0 Å². The Hall–Kier alpha value is -1.65. The standard InChI is InChI=1S/C17H13BrO2S/c1-2-20-11-7-8-13(15(18)9-11)17(19)14-10-21-16-6-4-3-5-12(14)16/h3-10H,2H2,1H3. The molecular weight excluding hydrogens is 348 g/mol. The van der Waals surface area contributed by atoms with E-state index in [0.717, 1.165) is 25.9 Å². The lowest BCUT2D eigenvalue weighted by Gasteiger charge is -2.07. The molecule has 3 aromatic rings. The number of benzene rings is 2. The number of hydrogen-bond acceptors (Lipinski definition) is 3. The van der Waals surface area contributed by atoms with E-state index in [2.05, 4.69) is 15.9 Å². The molecule has 0 unspecified atom stereocenters. The molecule has 0 atom stereocenters. The summed E-state index contributed by atoms with van der Waals surface area (Å²) in [4.78, 5) is 12.7. The zero-order valence-electron chi connectivity index (χ0n) is 11.4. The maximum atomic E-state index is 12.7. The van der Waals surface area contributed by atoms with Crippen LogP contribution in [0.25, 0.3) is 10.1 Å². The third-order valence-corrected chi connectivity index (χ3v) is 4.84. The van der Waals surface area contributed by atoms with Gasteiger partial charge in [-0.3, -0.25) is 4.79 Å². The molecule has 1 heterocycles. The van der Waals surface area contributed by atoms with Crippen LogP contribution in [-0.2, 0) is 0 Å². The van der Waals surface area contributed by atoms with Gasteiger partial charge in [-0.1, -0.05) is 18.2 Å². The Morgan fingerprint density at radius 3 is 2.76 bits per heavy atom. The number of carbonyl (C=O) groups excluding carboxylic acids is 1. The first-order chi connectivity index (χ1) is 10.2. The quantitative estimate of drug-likeness (QED) is 0.590. The number of ether oxygens (including phenoxy) is 1. The molecular formula is C17H13BrO2S. The second kappa shape index (κ2) is 6.00. The summed E-state index contributed by atoms with van der Waals surface area (Å²) in [6, 6.07) is 13.4. The molecule has 106 valence electrons. The van der Waals surface area contributed by atoms with Gasteiger partial charge in [0.05, 0.1) is 6.61 Å². The Morgan fingerprint density at radius 1 is 1.19 bits per heavy atom. The van der Waals surface area contributed by atoms with Gasteiger partial charge in [0, 0.05) is 31.1 Å². The zero-order chi connectivity index (χ0) is 14.8. The van der Waals surface area contributed by atoms with Gasteiger partial charge in [-0.05, 0) is 47.1 Å². The largest absolute Gasteiger partial charge is 0.494 e. The minimum atomic E-state index is 0.0300. The van der Waals surface area contributed by atoms with E-state index in [-0.39, 0.29) is 5.78 Å². The van der Waals surface area contributed by atoms with Crippen molar-refractivity contribution in [2.45, 2.75) is 6.92 Å². The fourth-order valence-electron chi connectivity index (χ4n) is 2.24. The Morgan fingerprint density at radius 2 is 2.00 bits per heavy atom. The zero-order valence-corrected chi connectivity index (χ0v) is 13.8. The predicted molar refractivity (Wildman–Crippen MR) is 90.6 cm³/mol. The van der Waals surface area contributed by atoms with E-state index in [4.69, 9.17) is 4.74 Å². The average molecular weight is 361 g/mol. The molecule has 0 amide bonds. The number of thiophene rings is 1. The molecule has 0 N–H and O–H groups in total. The summed E-state index contributed by atoms with van der Waals surface area (Å²) in [7, 11) is 0. The summed E-state index contributed by atoms with van der Waals surface area (Å²) in [5.41, 5.74) is 1.41. The summed E-state index contributed by atoms with van der Waals surface area (Å²) in [6.45, 7) is 2.54. The van der Waals surface area contributed by atoms with Crippen LogP contribution in [-0.4, -0.2) is 12.4 Å². The van der Waals surface area contributed by atoms with Gasteiger partial charge in [0.15, 0.2) is 5.78 Å². The molecule has 1 aromatic heterocycles. The summed E-state index contributed by atoms with van der Waals surface area (Å²) in [5, 5.41) is 2.93. The van der Waals surface area contributed by atoms with Crippen molar-refractivity contribution < 1.29 is 9.53 Å². The molecule has 0 bridgehead atoms. The second-order valence-corrected chi connectivity index (χ2v) is 6.31. The van der Waals surface area contributed by atoms with E-state index < -0.39 is 0 Å². The Balaban J connectivity index is 2.02. The maximum absolute atomic E-state index is 12.7. The first-order valence-corrected chi connectivity index (χ1v) is 8.31. The number of rotatable bonds is 4. The van der Waals surface area contributed by atoms with Gasteiger partial charge in [-0.2, -0.15) is 0 Å². The van der Waals surface area contributed by atoms with Crippen molar-refractivity contribution in [3.8, 4) is 5.75 Å². The van der Waals surface area contributed by atoms with Gasteiger partial charge in [0.1, 0.15) is 5.75 Å². The highest BCUT2D eigenvalue weighted by molar-refractivity contribution is 9.10. The second-order valence-electron chi connectivity index (χ2n) is 4.55. The van der Waals surface area contributed by atoms with E-state index in [1.54, 1.807) is 11.3 Å². The van der Waals surface area contributed by atoms with Gasteiger partial charge in [-0.25, -0.2) is 0 Å². The molecule has 3 rings (SSSR count). The summed E-state index contributed by atoms with van der Waals surface area (Å²) in [6.07, 6.45) is 0. The molecule has 2 aromatic carbocycles. The maximum Gasteiger partial charge on any atom is 0.195 e. The Bertz CT molecular complexity index is 807. The van der Waals surface area contributed by atoms with E-state index in [1.165, 1.54) is 0 Å². The van der Waals surface area contributed by atoms with Crippen LogP contribution >= 0.6 is 27.3 Å². The molecule has 0 aliphatic heterocycles. The van der Waals surface area contributed by atoms with Crippen molar-refractivity contribution in [1.82, 2.24) is 0 Å². The van der Waals surface area contributed by atoms with Crippen molar-refractivity contribution in [3.05, 3.63) is 63.4 Å². The molecule has 2 nitrogen and oxygen atoms in total. The van der Waals surface area contributed by atoms with Gasteiger partial charge in [-0.15, -0.1) is 11.3 Å². The third kappa shape index (κ3) is 2.74. The van der Waals surface area contributed by atoms with Crippen LogP contribution < -0.4 is 4.74 Å². The highest BCUT2D eigenvalue weighted by atomic mass is 79.9. The van der Waals surface area contributed by atoms with Crippen LogP contribution in [0.4, 0.5) is 0 Å². The SMILES string of the molecule is CCOc1ccc(C(=O)c2csc3ccccc23)c(Br)c1. The smallest absolute Gasteiger partial charge is 0.195 e. The average Bonchev–Trinajstić information content (AvgIpc) is 2.91. The topological polar surface area (TPSA) is 26.3 Å². The van der Waals surface area contributed by atoms with Gasteiger partial charge in [0.25, 0.3) is 0 Å². The lowest BCUT2D eigenvalue weighted by Crippen LogP contribution is -2.02. The van der Waals surface area contributed by atoms with Crippen molar-refractivity contribution in [1.29, 1.82) is 0 Å². The molecule has 0 spiro atoms. The van der Waals surface area contributed by atoms with Crippen LogP contribution in [0.15, 0.2) is 52.3 Å². The third-order valence-electron chi connectivity index (χ3n) is 3.22. The Labute approximate surface area is 135 Å². The normalized spacial score (nSPS) is 10.8. The number of carbonyl (C=O) groups is 1. The summed E-state index contributed by atoms with van der Waals surface area (Å²) >= 11 is 5.06. The minimum Gasteiger partial charge on any atom is -0.494 e. The number of ketones is 1. The molecule has 0 saturated carbocycles. The molecule has 0 fully saturated rings. The van der Waals surface area contributed by atoms with Crippen molar-refractivity contribution in [3.63, 3.8) is 0 Å². The van der Waals surface area contributed by atoms with Crippen LogP contribution in [0.3, 0.4) is 0 Å². The molecule has 0 radical (unpaired) electrons. The lowest BCUT2D eigenvalue weighted by molar-refractivity contribution is 0.104. The Kier molecular flexibility index (Phi) is 4.08. The van der Waals surface area contributed by atoms with Crippen LogP contribution in [0.2, 0.25) is 0 Å². The van der Waals surface area contributed by atoms with E-state index in [9.17, 15) is 4.79 Å². The van der Waals surface area contributed by atoms with Crippen LogP contribution in [0.1, 0.15) is 22.8 Å². The van der Waals surface area contributed by atoms with Gasteiger partial charge >= 0.3 is 0 Å². The number of hydrogen-bond donors (Lipinski definition) is 0. The van der Waals surface area contributed by atoms with Crippen LogP contribution in [0, 0.1) is 0 Å². The fraction of sp³-hybridized carbons (Fsp3) is 0.118. The van der Waals surface area contributed by atoms with E-state index in [1.807, 2.05) is 54.8 Å². The minimum absolute atomic E-state index is 0.0300. The van der Waals surface area contributed by atoms with E-state index >= 15 is 0 Å². The number of fused-ring (bicyclic) bond motifs is 1. The fourth-order valence-corrected chi connectivity index (χ4v) is 3.71. The monoisotopic (exact) mass is 360 g/mol. The molecule has 21 heavy (non-hydrogen) atoms. The summed E-state index contributed by atoms with van der Waals surface area (Å²) in [5.74, 6) is 0.790. The van der Waals surface area contributed by atoms with Crippen LogP contribution in [0.5, 0.6) is 5.75 Å². The van der Waals surface area contributed by atoms with E-state index in [0.29, 0.717) is 12.2 Å². The molecule has 0 aliphatic rings. The molecule has 0 aliphatic carbocycles. The van der Waals surface area contributed by atoms with Crippen molar-refractivity contribution in [2.75, 3.05) is 6.61 Å². The van der Waals surface area contributed by atoms with Gasteiger partial charge < -0.3 is 4.74 Å². The number of halogens is 1. The molecule has 0 saturated heterocycles. The van der Waals surface area contributed by atoms with Crippen molar-refractivity contribution >= 4 is 43.1 Å². The highest BCUT2D eigenvalue weighted by Crippen LogP contribution is 2.31.